The molecule has 178 valence electrons. The number of nitrogens with zero attached hydrogens (tertiary/aromatic N) is 2. The van der Waals surface area contributed by atoms with Crippen molar-refractivity contribution in [1.82, 2.24) is 9.38 Å². The molecule has 0 N–H and O–H groups in total. The molecule has 6 aromatic rings. The van der Waals surface area contributed by atoms with E-state index in [4.69, 9.17) is 9.72 Å². The first-order chi connectivity index (χ1) is 18.2. The van der Waals surface area contributed by atoms with Crippen LogP contribution >= 0.6 is 11.3 Å². The van der Waals surface area contributed by atoms with Crippen LogP contribution in [-0.2, 0) is 0 Å². The summed E-state index contributed by atoms with van der Waals surface area (Å²) >= 11 is 1.42. The lowest BCUT2D eigenvalue weighted by atomic mass is 9.79. The number of fused-ring (bicyclic) bond motifs is 4. The fraction of sp³-hybridized carbons (Fsp3) is 0.0625. The first kappa shape index (κ1) is 21.8. The van der Waals surface area contributed by atoms with Gasteiger partial charge in [0, 0.05) is 22.6 Å². The van der Waals surface area contributed by atoms with Crippen LogP contribution in [0, 0.1) is 6.92 Å². The molecule has 4 aromatic carbocycles. The number of hydrogen-bond acceptors (Lipinski definition) is 4. The Morgan fingerprint density at radius 3 is 2.38 bits per heavy atom. The third-order valence-corrected chi connectivity index (χ3v) is 7.95. The van der Waals surface area contributed by atoms with Crippen LogP contribution < -0.4 is 14.8 Å². The Hall–Kier alpha value is -4.48. The van der Waals surface area contributed by atoms with E-state index in [0.717, 1.165) is 39.2 Å². The standard InChI is InChI=1S/C32H22N2O2S/c1-20-11-5-6-14-22(20)29-23-15-7-10-18-27(23)36-30(21-12-3-2-4-13-21)24(29)19-28-31(35)34-26-17-9-8-16-25(26)33-32(34)37-28/h2-19,29H,1H3/b28-19-/t29-/m0/s1. The number of hydrogen-bond donors (Lipinski definition) is 0. The van der Waals surface area contributed by atoms with Crippen LogP contribution in [0.3, 0.4) is 0 Å². The van der Waals surface area contributed by atoms with Gasteiger partial charge in [0.15, 0.2) is 4.96 Å². The van der Waals surface area contributed by atoms with Gasteiger partial charge in [0.1, 0.15) is 11.5 Å². The van der Waals surface area contributed by atoms with E-state index in [9.17, 15) is 4.79 Å². The van der Waals surface area contributed by atoms with E-state index < -0.39 is 0 Å². The van der Waals surface area contributed by atoms with E-state index in [1.165, 1.54) is 22.5 Å². The Morgan fingerprint density at radius 1 is 0.838 bits per heavy atom. The van der Waals surface area contributed by atoms with Gasteiger partial charge < -0.3 is 4.74 Å². The van der Waals surface area contributed by atoms with Crippen molar-refractivity contribution in [3.05, 3.63) is 146 Å². The Labute approximate surface area is 217 Å². The summed E-state index contributed by atoms with van der Waals surface area (Å²) < 4.78 is 8.94. The van der Waals surface area contributed by atoms with Crippen LogP contribution in [0.15, 0.2) is 113 Å². The molecular formula is C32H22N2O2S. The highest BCUT2D eigenvalue weighted by Crippen LogP contribution is 2.47. The molecule has 37 heavy (non-hydrogen) atoms. The average Bonchev–Trinajstić information content (AvgIpc) is 3.45. The maximum atomic E-state index is 13.7. The van der Waals surface area contributed by atoms with Gasteiger partial charge in [-0.25, -0.2) is 9.38 Å². The van der Waals surface area contributed by atoms with Gasteiger partial charge in [-0.05, 0) is 42.3 Å². The maximum Gasteiger partial charge on any atom is 0.274 e. The van der Waals surface area contributed by atoms with Crippen LogP contribution in [0.1, 0.15) is 28.2 Å². The average molecular weight is 499 g/mol. The summed E-state index contributed by atoms with van der Waals surface area (Å²) in [5, 5.41) is 0. The van der Waals surface area contributed by atoms with E-state index in [1.807, 2.05) is 66.7 Å². The monoisotopic (exact) mass is 498 g/mol. The molecule has 3 heterocycles. The van der Waals surface area contributed by atoms with Gasteiger partial charge in [-0.1, -0.05) is 96.3 Å². The Morgan fingerprint density at radius 2 is 1.54 bits per heavy atom. The Bertz CT molecular complexity index is 1950. The molecule has 1 aliphatic rings. The number of ether oxygens (including phenoxy) is 1. The quantitative estimate of drug-likeness (QED) is 0.285. The molecule has 2 aromatic heterocycles. The molecule has 0 amide bonds. The molecule has 0 saturated carbocycles. The summed E-state index contributed by atoms with van der Waals surface area (Å²) in [6.45, 7) is 2.14. The highest BCUT2D eigenvalue weighted by atomic mass is 32.1. The highest BCUT2D eigenvalue weighted by Gasteiger charge is 2.31. The van der Waals surface area contributed by atoms with Crippen molar-refractivity contribution in [1.29, 1.82) is 0 Å². The van der Waals surface area contributed by atoms with E-state index in [2.05, 4.69) is 49.4 Å². The lowest BCUT2D eigenvalue weighted by molar-refractivity contribution is 0.488. The second-order valence-corrected chi connectivity index (χ2v) is 10.2. The summed E-state index contributed by atoms with van der Waals surface area (Å²) in [6.07, 6.45) is 2.02. The summed E-state index contributed by atoms with van der Waals surface area (Å²) in [7, 11) is 0. The molecule has 7 rings (SSSR count). The fourth-order valence-corrected chi connectivity index (χ4v) is 6.22. The second-order valence-electron chi connectivity index (χ2n) is 9.21. The molecule has 0 aliphatic carbocycles. The van der Waals surface area contributed by atoms with Gasteiger partial charge in [0.25, 0.3) is 5.56 Å². The van der Waals surface area contributed by atoms with Crippen LogP contribution in [-0.4, -0.2) is 9.38 Å². The molecule has 0 spiro atoms. The molecular weight excluding hydrogens is 476 g/mol. The molecule has 0 fully saturated rings. The SMILES string of the molecule is Cc1ccccc1[C@@H]1C(/C=c2\sc3nc4ccccc4n3c2=O)=C(c2ccccc2)Oc2ccccc21. The zero-order valence-electron chi connectivity index (χ0n) is 20.1. The van der Waals surface area contributed by atoms with Gasteiger partial charge in [-0.3, -0.25) is 4.79 Å². The van der Waals surface area contributed by atoms with Gasteiger partial charge in [-0.2, -0.15) is 0 Å². The molecule has 0 bridgehead atoms. The summed E-state index contributed by atoms with van der Waals surface area (Å²) in [6, 6.07) is 34.5. The van der Waals surface area contributed by atoms with Crippen molar-refractivity contribution in [3.8, 4) is 5.75 Å². The van der Waals surface area contributed by atoms with E-state index >= 15 is 0 Å². The predicted molar refractivity (Wildman–Crippen MR) is 150 cm³/mol. The second kappa shape index (κ2) is 8.57. The van der Waals surface area contributed by atoms with Gasteiger partial charge in [0.05, 0.1) is 15.6 Å². The number of allylic oxidation sites excluding steroid dienone is 1. The largest absolute Gasteiger partial charge is 0.456 e. The zero-order chi connectivity index (χ0) is 24.9. The first-order valence-corrected chi connectivity index (χ1v) is 13.0. The molecule has 4 nitrogen and oxygen atoms in total. The van der Waals surface area contributed by atoms with Crippen LogP contribution in [0.4, 0.5) is 0 Å². The number of aromatic nitrogens is 2. The number of rotatable bonds is 3. The predicted octanol–water partition coefficient (Wildman–Crippen LogP) is 6.35. The summed E-state index contributed by atoms with van der Waals surface area (Å²) in [5.74, 6) is 1.51. The molecule has 1 aliphatic heterocycles. The number of thiazole rings is 1. The summed E-state index contributed by atoms with van der Waals surface area (Å²) in [5.41, 5.74) is 7.00. The lowest BCUT2D eigenvalue weighted by Gasteiger charge is -2.31. The lowest BCUT2D eigenvalue weighted by Crippen LogP contribution is -2.25. The number of benzene rings is 4. The Kier molecular flexibility index (Phi) is 5.05. The van der Waals surface area contributed by atoms with Crippen molar-refractivity contribution in [2.24, 2.45) is 0 Å². The maximum absolute atomic E-state index is 13.7. The molecule has 0 radical (unpaired) electrons. The minimum atomic E-state index is -0.0908. The van der Waals surface area contributed by atoms with Gasteiger partial charge in [-0.15, -0.1) is 0 Å². The topological polar surface area (TPSA) is 43.6 Å². The minimum Gasteiger partial charge on any atom is -0.456 e. The zero-order valence-corrected chi connectivity index (χ0v) is 20.9. The van der Waals surface area contributed by atoms with E-state index in [0.29, 0.717) is 9.49 Å². The molecule has 5 heteroatoms. The van der Waals surface area contributed by atoms with Crippen molar-refractivity contribution in [2.75, 3.05) is 0 Å². The third kappa shape index (κ3) is 3.51. The number of imidazole rings is 1. The van der Waals surface area contributed by atoms with E-state index in [1.54, 1.807) is 4.40 Å². The summed E-state index contributed by atoms with van der Waals surface area (Å²) in [4.78, 5) is 19.1. The Balaban J connectivity index is 1.56. The van der Waals surface area contributed by atoms with Gasteiger partial charge in [0.2, 0.25) is 0 Å². The highest BCUT2D eigenvalue weighted by molar-refractivity contribution is 7.15. The fourth-order valence-electron chi connectivity index (χ4n) is 5.24. The van der Waals surface area contributed by atoms with Crippen LogP contribution in [0.25, 0.3) is 27.8 Å². The normalized spacial score (nSPS) is 15.8. The van der Waals surface area contributed by atoms with Gasteiger partial charge >= 0.3 is 0 Å². The van der Waals surface area contributed by atoms with E-state index in [-0.39, 0.29) is 11.5 Å². The minimum absolute atomic E-state index is 0.0593. The number of para-hydroxylation sites is 3. The smallest absolute Gasteiger partial charge is 0.274 e. The van der Waals surface area contributed by atoms with Crippen molar-refractivity contribution in [2.45, 2.75) is 12.8 Å². The molecule has 1 atom stereocenters. The third-order valence-electron chi connectivity index (χ3n) is 6.98. The number of aryl methyl sites for hydroxylation is 1. The first-order valence-electron chi connectivity index (χ1n) is 12.2. The molecule has 0 saturated heterocycles. The van der Waals surface area contributed by atoms with Crippen molar-refractivity contribution < 1.29 is 4.74 Å². The van der Waals surface area contributed by atoms with Crippen LogP contribution in [0.2, 0.25) is 0 Å². The van der Waals surface area contributed by atoms with Crippen molar-refractivity contribution >= 4 is 39.2 Å². The molecule has 0 unspecified atom stereocenters. The van der Waals surface area contributed by atoms with Crippen molar-refractivity contribution in [3.63, 3.8) is 0 Å². The van der Waals surface area contributed by atoms with Crippen LogP contribution in [0.5, 0.6) is 5.75 Å².